The predicted octanol–water partition coefficient (Wildman–Crippen LogP) is 5.18. The van der Waals surface area contributed by atoms with Crippen LogP contribution in [0.5, 0.6) is 11.5 Å². The first kappa shape index (κ1) is 23.8. The van der Waals surface area contributed by atoms with Gasteiger partial charge in [0.1, 0.15) is 23.7 Å². The van der Waals surface area contributed by atoms with Crippen molar-refractivity contribution >= 4 is 33.1 Å². The average Bonchev–Trinajstić information content (AvgIpc) is 2.86. The summed E-state index contributed by atoms with van der Waals surface area (Å²) in [5.74, 6) is 0.899. The van der Waals surface area contributed by atoms with E-state index in [9.17, 15) is 9.90 Å². The Bertz CT molecular complexity index is 1310. The molecule has 0 amide bonds. The number of alkyl halides is 1. The van der Waals surface area contributed by atoms with Crippen LogP contribution in [0.3, 0.4) is 0 Å². The number of likely N-dealkylation sites (tertiary alicyclic amines) is 1. The van der Waals surface area contributed by atoms with E-state index in [0.717, 1.165) is 41.9 Å². The van der Waals surface area contributed by atoms with Crippen molar-refractivity contribution in [3.63, 3.8) is 0 Å². The smallest absolute Gasteiger partial charge is 0.341 e. The van der Waals surface area contributed by atoms with Crippen LogP contribution in [0.25, 0.3) is 11.0 Å². The summed E-state index contributed by atoms with van der Waals surface area (Å²) in [4.78, 5) is 20.0. The van der Waals surface area contributed by atoms with Gasteiger partial charge in [-0.2, -0.15) is 0 Å². The van der Waals surface area contributed by atoms with Gasteiger partial charge in [0, 0.05) is 24.2 Å². The van der Waals surface area contributed by atoms with E-state index in [2.05, 4.69) is 25.8 Å². The lowest BCUT2D eigenvalue weighted by Gasteiger charge is -2.26. The van der Waals surface area contributed by atoms with Crippen molar-refractivity contribution in [2.75, 3.05) is 32.8 Å². The van der Waals surface area contributed by atoms with Crippen LogP contribution in [0, 0.1) is 0 Å². The molecular formula is C28H29BrN2O4. The van der Waals surface area contributed by atoms with Gasteiger partial charge in [0.05, 0.1) is 16.4 Å². The molecule has 0 aliphatic carbocycles. The summed E-state index contributed by atoms with van der Waals surface area (Å²) >= 11 is 3.76. The molecule has 35 heavy (non-hydrogen) atoms. The fourth-order valence-corrected chi connectivity index (χ4v) is 5.60. The number of allylic oxidation sites excluding steroid dienone is 1. The first-order valence-corrected chi connectivity index (χ1v) is 12.9. The van der Waals surface area contributed by atoms with Crippen molar-refractivity contribution in [2.45, 2.75) is 30.0 Å². The Labute approximate surface area is 213 Å². The first-order valence-electron chi connectivity index (χ1n) is 12.1. The molecule has 1 atom stereocenters. The molecule has 3 aromatic rings. The minimum atomic E-state index is -0.749. The Morgan fingerprint density at radius 3 is 2.66 bits per heavy atom. The van der Waals surface area contributed by atoms with Crippen molar-refractivity contribution in [3.8, 4) is 11.5 Å². The number of aromatic hydroxyl groups is 1. The monoisotopic (exact) mass is 536 g/mol. The van der Waals surface area contributed by atoms with Crippen molar-refractivity contribution in [2.24, 2.45) is 4.99 Å². The number of rotatable bonds is 7. The summed E-state index contributed by atoms with van der Waals surface area (Å²) in [7, 11) is 0. The van der Waals surface area contributed by atoms with Gasteiger partial charge >= 0.3 is 5.63 Å². The van der Waals surface area contributed by atoms with Crippen molar-refractivity contribution in [1.82, 2.24) is 4.90 Å². The Morgan fingerprint density at radius 1 is 1.11 bits per heavy atom. The molecule has 5 rings (SSSR count). The van der Waals surface area contributed by atoms with Crippen molar-refractivity contribution in [3.05, 3.63) is 81.7 Å². The zero-order valence-electron chi connectivity index (χ0n) is 19.6. The number of halogens is 1. The van der Waals surface area contributed by atoms with Gasteiger partial charge in [-0.25, -0.2) is 4.79 Å². The zero-order chi connectivity index (χ0) is 24.3. The van der Waals surface area contributed by atoms with Gasteiger partial charge in [-0.05, 0) is 73.8 Å². The lowest BCUT2D eigenvalue weighted by Crippen LogP contribution is -2.33. The molecule has 1 saturated heterocycles. The van der Waals surface area contributed by atoms with Crippen LogP contribution in [0.15, 0.2) is 68.8 Å². The first-order chi connectivity index (χ1) is 17.0. The number of piperidine rings is 1. The molecule has 3 heterocycles. The molecule has 2 aliphatic heterocycles. The van der Waals surface area contributed by atoms with Crippen LogP contribution in [-0.4, -0.2) is 49.0 Å². The second kappa shape index (κ2) is 10.4. The maximum atomic E-state index is 13.2. The summed E-state index contributed by atoms with van der Waals surface area (Å²) < 4.78 is 10.9. The van der Waals surface area contributed by atoms with Crippen LogP contribution in [-0.2, 0) is 10.7 Å². The lowest BCUT2D eigenvalue weighted by atomic mass is 9.89. The van der Waals surface area contributed by atoms with Crippen molar-refractivity contribution < 1.29 is 14.3 Å². The second-order valence-electron chi connectivity index (χ2n) is 9.21. The molecule has 0 bridgehead atoms. The fourth-order valence-electron chi connectivity index (χ4n) is 4.90. The highest BCUT2D eigenvalue weighted by molar-refractivity contribution is 9.09. The number of dihydropyridines is 1. The third-order valence-corrected chi connectivity index (χ3v) is 7.63. The van der Waals surface area contributed by atoms with Gasteiger partial charge in [0.25, 0.3) is 0 Å². The van der Waals surface area contributed by atoms with Crippen molar-refractivity contribution in [1.29, 1.82) is 0 Å². The Kier molecular flexibility index (Phi) is 7.07. The van der Waals surface area contributed by atoms with Gasteiger partial charge in [0.2, 0.25) is 0 Å². The molecule has 1 fully saturated rings. The molecule has 0 spiro atoms. The Morgan fingerprint density at radius 2 is 1.91 bits per heavy atom. The Balaban J connectivity index is 1.41. The molecule has 2 aromatic carbocycles. The summed E-state index contributed by atoms with van der Waals surface area (Å²) in [5, 5.41) is 10.7. The molecular weight excluding hydrogens is 508 g/mol. The number of phenols is 1. The quantitative estimate of drug-likeness (QED) is 0.332. The SMILES string of the molecule is O=c1oc2cc(O)ccc2c(Cc2ccc(OCCN3CCCCC3)cc2)c1C1(Br)C=CC=NC1. The minimum absolute atomic E-state index is 0.0566. The van der Waals surface area contributed by atoms with Crippen LogP contribution in [0.4, 0.5) is 0 Å². The van der Waals surface area contributed by atoms with Crippen LogP contribution >= 0.6 is 15.9 Å². The van der Waals surface area contributed by atoms with E-state index in [1.54, 1.807) is 18.3 Å². The molecule has 1 N–H and O–H groups in total. The maximum absolute atomic E-state index is 13.2. The number of aliphatic imine (C=N–C) groups is 1. The van der Waals surface area contributed by atoms with Crippen LogP contribution in [0.1, 0.15) is 36.0 Å². The number of nitrogens with zero attached hydrogens (tertiary/aromatic N) is 2. The van der Waals surface area contributed by atoms with Crippen LogP contribution < -0.4 is 10.4 Å². The van der Waals surface area contributed by atoms with E-state index in [1.807, 2.05) is 36.4 Å². The van der Waals surface area contributed by atoms with E-state index in [4.69, 9.17) is 9.15 Å². The largest absolute Gasteiger partial charge is 0.508 e. The zero-order valence-corrected chi connectivity index (χ0v) is 21.2. The number of hydrogen-bond acceptors (Lipinski definition) is 6. The van der Waals surface area contributed by atoms with E-state index < -0.39 is 9.95 Å². The van der Waals surface area contributed by atoms with Gasteiger partial charge in [-0.1, -0.05) is 40.6 Å². The van der Waals surface area contributed by atoms with E-state index >= 15 is 0 Å². The Hall–Kier alpha value is -2.90. The van der Waals surface area contributed by atoms with E-state index in [0.29, 0.717) is 30.7 Å². The number of benzene rings is 2. The summed E-state index contributed by atoms with van der Waals surface area (Å²) in [6.45, 7) is 4.35. The number of ether oxygens (including phenoxy) is 1. The van der Waals surface area contributed by atoms with Gasteiger partial charge < -0.3 is 14.3 Å². The summed E-state index contributed by atoms with van der Waals surface area (Å²) in [5.41, 5.74) is 2.37. The lowest BCUT2D eigenvalue weighted by molar-refractivity contribution is 0.183. The third kappa shape index (κ3) is 5.36. The van der Waals surface area contributed by atoms with Gasteiger partial charge in [-0.3, -0.25) is 9.89 Å². The molecule has 0 radical (unpaired) electrons. The topological polar surface area (TPSA) is 75.3 Å². The standard InChI is InChI=1S/C28H29BrN2O4/c29-28(11-4-12-30-19-28)26-24(23-10-7-21(32)18-25(23)35-27(26)33)17-20-5-8-22(9-6-20)34-16-15-31-13-2-1-3-14-31/h4-12,18,32H,1-3,13-17,19H2. The highest BCUT2D eigenvalue weighted by atomic mass is 79.9. The van der Waals surface area contributed by atoms with Gasteiger partial charge in [-0.15, -0.1) is 0 Å². The number of phenolic OH excluding ortho intramolecular Hbond substituents is 1. The second-order valence-corrected chi connectivity index (χ2v) is 10.6. The van der Waals surface area contributed by atoms with E-state index in [-0.39, 0.29) is 5.75 Å². The average molecular weight is 537 g/mol. The number of hydrogen-bond donors (Lipinski definition) is 1. The normalized spacial score (nSPS) is 20.4. The van der Waals surface area contributed by atoms with Gasteiger partial charge in [0.15, 0.2) is 0 Å². The predicted molar refractivity (Wildman–Crippen MR) is 142 cm³/mol. The third-order valence-electron chi connectivity index (χ3n) is 6.72. The molecule has 7 heteroatoms. The molecule has 6 nitrogen and oxygen atoms in total. The minimum Gasteiger partial charge on any atom is -0.508 e. The molecule has 182 valence electrons. The highest BCUT2D eigenvalue weighted by Gasteiger charge is 2.34. The molecule has 0 saturated carbocycles. The highest BCUT2D eigenvalue weighted by Crippen LogP contribution is 2.38. The molecule has 1 unspecified atom stereocenters. The maximum Gasteiger partial charge on any atom is 0.341 e. The summed E-state index contributed by atoms with van der Waals surface area (Å²) in [6.07, 6.45) is 9.91. The van der Waals surface area contributed by atoms with Crippen LogP contribution in [0.2, 0.25) is 0 Å². The number of fused-ring (bicyclic) bond motifs is 1. The molecule has 1 aromatic heterocycles. The van der Waals surface area contributed by atoms with E-state index in [1.165, 1.54) is 25.3 Å². The molecule has 2 aliphatic rings. The fraction of sp³-hybridized carbons (Fsp3) is 0.357. The summed E-state index contributed by atoms with van der Waals surface area (Å²) in [6, 6.07) is 13.0.